The number of anilines is 2. The molecule has 3 aromatic rings. The first-order chi connectivity index (χ1) is 16.0. The smallest absolute Gasteiger partial charge is 0.302 e. The zero-order valence-electron chi connectivity index (χ0n) is 19.3. The summed E-state index contributed by atoms with van der Waals surface area (Å²) in [6, 6.07) is 24.5. The third kappa shape index (κ3) is 8.19. The molecule has 0 unspecified atom stereocenters. The lowest BCUT2D eigenvalue weighted by Crippen LogP contribution is -2.06. The summed E-state index contributed by atoms with van der Waals surface area (Å²) in [7, 11) is 0. The number of nitrogen functional groups attached to an aromatic ring is 2. The topological polar surface area (TPSA) is 87.6 Å². The third-order valence-corrected chi connectivity index (χ3v) is 5.65. The minimum Gasteiger partial charge on any atom is -0.494 e. The molecule has 3 rings (SSSR count). The van der Waals surface area contributed by atoms with Crippen LogP contribution in [0.2, 0.25) is 0 Å². The molecule has 0 aliphatic carbocycles. The van der Waals surface area contributed by atoms with Gasteiger partial charge in [0.1, 0.15) is 5.75 Å². The lowest BCUT2D eigenvalue weighted by Gasteiger charge is -2.19. The van der Waals surface area contributed by atoms with Gasteiger partial charge in [-0.2, -0.15) is 0 Å². The van der Waals surface area contributed by atoms with E-state index in [9.17, 15) is 4.79 Å². The standard InChI is InChI=1S/C28H34N2O3/c1-21(31)32-18-4-2-3-5-19-33-27-16-6-22(7-17-27)20-28(23-8-12-25(29)13-9-23)24-10-14-26(30)15-11-24/h6-17,28H,2-5,18-20,29-30H2,1H3. The highest BCUT2D eigenvalue weighted by Gasteiger charge is 2.15. The molecule has 0 spiro atoms. The van der Waals surface area contributed by atoms with E-state index in [1.807, 2.05) is 36.4 Å². The van der Waals surface area contributed by atoms with E-state index in [0.29, 0.717) is 13.2 Å². The number of unbranched alkanes of at least 4 members (excludes halogenated alkanes) is 3. The van der Waals surface area contributed by atoms with E-state index < -0.39 is 0 Å². The van der Waals surface area contributed by atoms with Crippen LogP contribution in [0.3, 0.4) is 0 Å². The molecule has 0 bridgehead atoms. The van der Waals surface area contributed by atoms with E-state index in [0.717, 1.165) is 49.2 Å². The second kappa shape index (κ2) is 12.5. The lowest BCUT2D eigenvalue weighted by molar-refractivity contribution is -0.141. The van der Waals surface area contributed by atoms with Gasteiger partial charge in [0.2, 0.25) is 0 Å². The van der Waals surface area contributed by atoms with Crippen molar-refractivity contribution in [1.29, 1.82) is 0 Å². The van der Waals surface area contributed by atoms with Crippen LogP contribution < -0.4 is 16.2 Å². The van der Waals surface area contributed by atoms with E-state index in [2.05, 4.69) is 36.4 Å². The van der Waals surface area contributed by atoms with Gasteiger partial charge in [0.15, 0.2) is 0 Å². The highest BCUT2D eigenvalue weighted by molar-refractivity contribution is 5.65. The summed E-state index contributed by atoms with van der Waals surface area (Å²) in [5, 5.41) is 0. The average Bonchev–Trinajstić information content (AvgIpc) is 2.81. The van der Waals surface area contributed by atoms with Crippen LogP contribution in [0.4, 0.5) is 11.4 Å². The van der Waals surface area contributed by atoms with Gasteiger partial charge >= 0.3 is 5.97 Å². The van der Waals surface area contributed by atoms with Gasteiger partial charge in [-0.15, -0.1) is 0 Å². The lowest BCUT2D eigenvalue weighted by atomic mass is 9.86. The molecule has 33 heavy (non-hydrogen) atoms. The van der Waals surface area contributed by atoms with Gasteiger partial charge in [-0.3, -0.25) is 4.79 Å². The van der Waals surface area contributed by atoms with Crippen molar-refractivity contribution in [3.05, 3.63) is 89.5 Å². The molecular weight excluding hydrogens is 412 g/mol. The molecule has 5 nitrogen and oxygen atoms in total. The summed E-state index contributed by atoms with van der Waals surface area (Å²) in [5.41, 5.74) is 17.0. The minimum atomic E-state index is -0.213. The maximum absolute atomic E-state index is 10.7. The number of rotatable bonds is 12. The normalized spacial score (nSPS) is 10.8. The maximum atomic E-state index is 10.7. The number of carbonyl (C=O) groups is 1. The van der Waals surface area contributed by atoms with Crippen molar-refractivity contribution >= 4 is 17.3 Å². The van der Waals surface area contributed by atoms with Crippen LogP contribution in [0, 0.1) is 0 Å². The van der Waals surface area contributed by atoms with Crippen molar-refractivity contribution < 1.29 is 14.3 Å². The van der Waals surface area contributed by atoms with Crippen LogP contribution in [-0.2, 0) is 16.0 Å². The Kier molecular flexibility index (Phi) is 9.19. The molecule has 0 saturated carbocycles. The fraction of sp³-hybridized carbons (Fsp3) is 0.321. The Morgan fingerprint density at radius 2 is 1.24 bits per heavy atom. The molecule has 0 aromatic heterocycles. The summed E-state index contributed by atoms with van der Waals surface area (Å²) < 4.78 is 10.8. The minimum absolute atomic E-state index is 0.213. The first-order valence-corrected chi connectivity index (χ1v) is 11.6. The van der Waals surface area contributed by atoms with Gasteiger partial charge in [0, 0.05) is 24.2 Å². The Morgan fingerprint density at radius 1 is 0.727 bits per heavy atom. The van der Waals surface area contributed by atoms with Crippen molar-refractivity contribution in [3.63, 3.8) is 0 Å². The third-order valence-electron chi connectivity index (χ3n) is 5.65. The summed E-state index contributed by atoms with van der Waals surface area (Å²) in [4.78, 5) is 10.7. The number of hydrogen-bond acceptors (Lipinski definition) is 5. The van der Waals surface area contributed by atoms with E-state index in [4.69, 9.17) is 20.9 Å². The molecule has 0 amide bonds. The quantitative estimate of drug-likeness (QED) is 0.211. The summed E-state index contributed by atoms with van der Waals surface area (Å²) >= 11 is 0. The van der Waals surface area contributed by atoms with Gasteiger partial charge in [0.25, 0.3) is 0 Å². The fourth-order valence-corrected chi connectivity index (χ4v) is 3.81. The molecule has 0 atom stereocenters. The van der Waals surface area contributed by atoms with Crippen LogP contribution >= 0.6 is 0 Å². The second-order valence-corrected chi connectivity index (χ2v) is 8.34. The first-order valence-electron chi connectivity index (χ1n) is 11.6. The molecule has 0 saturated heterocycles. The predicted molar refractivity (Wildman–Crippen MR) is 134 cm³/mol. The molecule has 0 fully saturated rings. The van der Waals surface area contributed by atoms with Gasteiger partial charge < -0.3 is 20.9 Å². The Morgan fingerprint density at radius 3 is 1.76 bits per heavy atom. The van der Waals surface area contributed by atoms with E-state index in [1.54, 1.807) is 0 Å². The Balaban J connectivity index is 1.53. The number of ether oxygens (including phenoxy) is 2. The van der Waals surface area contributed by atoms with E-state index >= 15 is 0 Å². The largest absolute Gasteiger partial charge is 0.494 e. The van der Waals surface area contributed by atoms with Crippen LogP contribution in [0.1, 0.15) is 55.2 Å². The molecule has 174 valence electrons. The molecule has 0 aliphatic heterocycles. The molecule has 0 heterocycles. The first kappa shape index (κ1) is 24.2. The Bertz CT molecular complexity index is 938. The second-order valence-electron chi connectivity index (χ2n) is 8.34. The predicted octanol–water partition coefficient (Wildman–Crippen LogP) is 5.73. The van der Waals surface area contributed by atoms with Gasteiger partial charge in [-0.1, -0.05) is 36.4 Å². The Labute approximate surface area is 196 Å². The summed E-state index contributed by atoms with van der Waals surface area (Å²) in [6.07, 6.45) is 4.85. The number of carbonyl (C=O) groups excluding carboxylic acids is 1. The molecular formula is C28H34N2O3. The van der Waals surface area contributed by atoms with Crippen molar-refractivity contribution in [2.75, 3.05) is 24.7 Å². The van der Waals surface area contributed by atoms with Gasteiger partial charge in [-0.05, 0) is 85.2 Å². The maximum Gasteiger partial charge on any atom is 0.302 e. The zero-order valence-corrected chi connectivity index (χ0v) is 19.3. The molecule has 5 heteroatoms. The number of benzene rings is 3. The molecule has 0 radical (unpaired) electrons. The summed E-state index contributed by atoms with van der Waals surface area (Å²) in [6.45, 7) is 2.63. The zero-order chi connectivity index (χ0) is 23.5. The Hall–Kier alpha value is -3.47. The average molecular weight is 447 g/mol. The van der Waals surface area contributed by atoms with Crippen LogP contribution in [0.5, 0.6) is 5.75 Å². The fourth-order valence-electron chi connectivity index (χ4n) is 3.81. The van der Waals surface area contributed by atoms with Crippen molar-refractivity contribution in [1.82, 2.24) is 0 Å². The number of esters is 1. The van der Waals surface area contributed by atoms with Crippen LogP contribution in [-0.4, -0.2) is 19.2 Å². The van der Waals surface area contributed by atoms with Crippen LogP contribution in [0.15, 0.2) is 72.8 Å². The molecule has 3 aromatic carbocycles. The highest BCUT2D eigenvalue weighted by atomic mass is 16.5. The number of nitrogens with two attached hydrogens (primary N) is 2. The van der Waals surface area contributed by atoms with Crippen molar-refractivity contribution in [2.24, 2.45) is 0 Å². The van der Waals surface area contributed by atoms with Crippen molar-refractivity contribution in [3.8, 4) is 5.75 Å². The number of hydrogen-bond donors (Lipinski definition) is 2. The van der Waals surface area contributed by atoms with E-state index in [1.165, 1.54) is 23.6 Å². The van der Waals surface area contributed by atoms with Gasteiger partial charge in [0.05, 0.1) is 13.2 Å². The highest BCUT2D eigenvalue weighted by Crippen LogP contribution is 2.30. The van der Waals surface area contributed by atoms with E-state index in [-0.39, 0.29) is 11.9 Å². The monoisotopic (exact) mass is 446 g/mol. The molecule has 4 N–H and O–H groups in total. The van der Waals surface area contributed by atoms with Crippen molar-refractivity contribution in [2.45, 2.75) is 44.9 Å². The van der Waals surface area contributed by atoms with Crippen LogP contribution in [0.25, 0.3) is 0 Å². The summed E-state index contributed by atoms with van der Waals surface area (Å²) in [5.74, 6) is 0.884. The van der Waals surface area contributed by atoms with Gasteiger partial charge in [-0.25, -0.2) is 0 Å². The molecule has 0 aliphatic rings. The SMILES string of the molecule is CC(=O)OCCCCCCOc1ccc(CC(c2ccc(N)cc2)c2ccc(N)cc2)cc1.